The summed E-state index contributed by atoms with van der Waals surface area (Å²) in [6.07, 6.45) is -4.23. The summed E-state index contributed by atoms with van der Waals surface area (Å²) in [5.41, 5.74) is 0.949. The molecule has 0 aliphatic carbocycles. The highest BCUT2D eigenvalue weighted by molar-refractivity contribution is 5.18. The largest absolute Gasteiger partial charge is 0.415 e. The number of hydrogen-bond acceptors (Lipinski definition) is 2. The van der Waals surface area contributed by atoms with Gasteiger partial charge < -0.3 is 10.4 Å². The van der Waals surface area contributed by atoms with Crippen molar-refractivity contribution in [2.45, 2.75) is 44.5 Å². The van der Waals surface area contributed by atoms with Gasteiger partial charge in [-0.1, -0.05) is 50.1 Å². The molecule has 19 heavy (non-hydrogen) atoms. The molecule has 2 N–H and O–H groups in total. The van der Waals surface area contributed by atoms with E-state index in [0.29, 0.717) is 0 Å². The summed E-state index contributed by atoms with van der Waals surface area (Å²) in [6.45, 7) is 1.55. The first-order valence-electron chi connectivity index (χ1n) is 6.48. The van der Waals surface area contributed by atoms with Crippen LogP contribution in [0.3, 0.4) is 0 Å². The van der Waals surface area contributed by atoms with Crippen molar-refractivity contribution in [2.24, 2.45) is 0 Å². The lowest BCUT2D eigenvalue weighted by molar-refractivity contribution is -0.202. The second-order valence-electron chi connectivity index (χ2n) is 4.57. The van der Waals surface area contributed by atoms with Crippen molar-refractivity contribution < 1.29 is 18.3 Å². The fourth-order valence-corrected chi connectivity index (χ4v) is 1.85. The Kier molecular flexibility index (Phi) is 6.31. The van der Waals surface area contributed by atoms with E-state index in [1.54, 1.807) is 0 Å². The molecule has 1 aromatic rings. The standard InChI is InChI=1S/C14H20F3NO/c1-2-3-9-12(11-7-5-4-6-8-11)18-10-13(19)14(15,16)17/h4-8,12-13,18-19H,2-3,9-10H2,1H3. The predicted octanol–water partition coefficient (Wildman–Crippen LogP) is 3.43. The van der Waals surface area contributed by atoms with Gasteiger partial charge in [0.2, 0.25) is 0 Å². The molecule has 0 radical (unpaired) electrons. The van der Waals surface area contributed by atoms with Crippen molar-refractivity contribution in [3.8, 4) is 0 Å². The highest BCUT2D eigenvalue weighted by Gasteiger charge is 2.38. The zero-order valence-electron chi connectivity index (χ0n) is 11.0. The van der Waals surface area contributed by atoms with Crippen LogP contribution in [0.5, 0.6) is 0 Å². The predicted molar refractivity (Wildman–Crippen MR) is 68.8 cm³/mol. The van der Waals surface area contributed by atoms with Crippen LogP contribution >= 0.6 is 0 Å². The first-order valence-corrected chi connectivity index (χ1v) is 6.48. The summed E-state index contributed by atoms with van der Waals surface area (Å²) in [5.74, 6) is 0. The Morgan fingerprint density at radius 2 is 1.84 bits per heavy atom. The van der Waals surface area contributed by atoms with Gasteiger partial charge in [0.05, 0.1) is 0 Å². The second-order valence-corrected chi connectivity index (χ2v) is 4.57. The number of hydrogen-bond donors (Lipinski definition) is 2. The highest BCUT2D eigenvalue weighted by atomic mass is 19.4. The molecule has 0 bridgehead atoms. The van der Waals surface area contributed by atoms with Crippen molar-refractivity contribution in [1.82, 2.24) is 5.32 Å². The highest BCUT2D eigenvalue weighted by Crippen LogP contribution is 2.22. The van der Waals surface area contributed by atoms with Gasteiger partial charge in [-0.2, -0.15) is 13.2 Å². The maximum Gasteiger partial charge on any atom is 0.415 e. The lowest BCUT2D eigenvalue weighted by atomic mass is 10.0. The number of nitrogens with one attached hydrogen (secondary N) is 1. The molecule has 2 nitrogen and oxygen atoms in total. The molecule has 0 saturated carbocycles. The van der Waals surface area contributed by atoms with Crippen LogP contribution in [-0.2, 0) is 0 Å². The fraction of sp³-hybridized carbons (Fsp3) is 0.571. The lowest BCUT2D eigenvalue weighted by Crippen LogP contribution is -2.39. The minimum Gasteiger partial charge on any atom is -0.382 e. The van der Waals surface area contributed by atoms with Gasteiger partial charge in [-0.3, -0.25) is 0 Å². The van der Waals surface area contributed by atoms with Crippen LogP contribution < -0.4 is 5.32 Å². The summed E-state index contributed by atoms with van der Waals surface area (Å²) >= 11 is 0. The van der Waals surface area contributed by atoms with E-state index < -0.39 is 18.8 Å². The van der Waals surface area contributed by atoms with E-state index in [9.17, 15) is 13.2 Å². The van der Waals surface area contributed by atoms with Crippen molar-refractivity contribution >= 4 is 0 Å². The number of unbranched alkanes of at least 4 members (excludes halogenated alkanes) is 1. The third-order valence-corrected chi connectivity index (χ3v) is 2.98. The van der Waals surface area contributed by atoms with Crippen LogP contribution in [0.1, 0.15) is 37.8 Å². The van der Waals surface area contributed by atoms with Gasteiger partial charge in [0.25, 0.3) is 0 Å². The summed E-state index contributed by atoms with van der Waals surface area (Å²) in [5, 5.41) is 11.8. The number of rotatable bonds is 7. The van der Waals surface area contributed by atoms with Crippen molar-refractivity contribution in [1.29, 1.82) is 0 Å². The van der Waals surface area contributed by atoms with Gasteiger partial charge in [-0.05, 0) is 12.0 Å². The van der Waals surface area contributed by atoms with Gasteiger partial charge in [0, 0.05) is 12.6 Å². The lowest BCUT2D eigenvalue weighted by Gasteiger charge is -2.22. The molecule has 0 amide bonds. The van der Waals surface area contributed by atoms with Crippen molar-refractivity contribution in [3.05, 3.63) is 35.9 Å². The third-order valence-electron chi connectivity index (χ3n) is 2.98. The first-order chi connectivity index (χ1) is 8.95. The van der Waals surface area contributed by atoms with Crippen molar-refractivity contribution in [2.75, 3.05) is 6.54 Å². The fourth-order valence-electron chi connectivity index (χ4n) is 1.85. The minimum atomic E-state index is -4.57. The van der Waals surface area contributed by atoms with E-state index in [-0.39, 0.29) is 6.04 Å². The summed E-state index contributed by atoms with van der Waals surface area (Å²) in [4.78, 5) is 0. The molecule has 0 aliphatic heterocycles. The zero-order chi connectivity index (χ0) is 14.3. The van der Waals surface area contributed by atoms with Gasteiger partial charge in [-0.15, -0.1) is 0 Å². The van der Waals surface area contributed by atoms with E-state index in [0.717, 1.165) is 24.8 Å². The van der Waals surface area contributed by atoms with Gasteiger partial charge >= 0.3 is 6.18 Å². The maximum atomic E-state index is 12.3. The Morgan fingerprint density at radius 3 is 2.37 bits per heavy atom. The number of halogens is 3. The van der Waals surface area contributed by atoms with Crippen LogP contribution in [0.25, 0.3) is 0 Å². The normalized spacial score (nSPS) is 15.2. The SMILES string of the molecule is CCCCC(NCC(O)C(F)(F)F)c1ccccc1. The smallest absolute Gasteiger partial charge is 0.382 e. The topological polar surface area (TPSA) is 32.3 Å². The number of aliphatic hydroxyl groups excluding tert-OH is 1. The average molecular weight is 275 g/mol. The van der Waals surface area contributed by atoms with E-state index in [1.807, 2.05) is 37.3 Å². The molecule has 0 aromatic heterocycles. The van der Waals surface area contributed by atoms with Crippen molar-refractivity contribution in [3.63, 3.8) is 0 Å². The average Bonchev–Trinajstić information content (AvgIpc) is 2.38. The van der Waals surface area contributed by atoms with Crippen LogP contribution in [0.15, 0.2) is 30.3 Å². The molecule has 2 atom stereocenters. The molecular weight excluding hydrogens is 255 g/mol. The summed E-state index contributed by atoms with van der Waals surface area (Å²) in [7, 11) is 0. The first kappa shape index (κ1) is 16.0. The van der Waals surface area contributed by atoms with Crippen LogP contribution in [0.2, 0.25) is 0 Å². The Balaban J connectivity index is 2.61. The molecule has 0 aliphatic rings. The third kappa shape index (κ3) is 5.61. The zero-order valence-corrected chi connectivity index (χ0v) is 11.0. The molecule has 108 valence electrons. The minimum absolute atomic E-state index is 0.154. The van der Waals surface area contributed by atoms with Crippen LogP contribution in [0, 0.1) is 0 Å². The van der Waals surface area contributed by atoms with Crippen LogP contribution in [0.4, 0.5) is 13.2 Å². The monoisotopic (exact) mass is 275 g/mol. The quantitative estimate of drug-likeness (QED) is 0.799. The number of alkyl halides is 3. The van der Waals surface area contributed by atoms with Crippen LogP contribution in [-0.4, -0.2) is 23.9 Å². The maximum absolute atomic E-state index is 12.3. The van der Waals surface area contributed by atoms with E-state index in [4.69, 9.17) is 5.11 Å². The number of aliphatic hydroxyl groups is 1. The molecule has 5 heteroatoms. The molecule has 1 rings (SSSR count). The van der Waals surface area contributed by atoms with E-state index in [1.165, 1.54) is 0 Å². The van der Waals surface area contributed by atoms with Gasteiger partial charge in [0.15, 0.2) is 6.10 Å². The van der Waals surface area contributed by atoms with E-state index >= 15 is 0 Å². The second kappa shape index (κ2) is 7.50. The Bertz CT molecular complexity index is 353. The molecule has 1 aromatic carbocycles. The molecule has 0 fully saturated rings. The summed E-state index contributed by atoms with van der Waals surface area (Å²) in [6, 6.07) is 9.19. The molecule has 0 spiro atoms. The molecule has 0 heterocycles. The Hall–Kier alpha value is -1.07. The number of benzene rings is 1. The summed E-state index contributed by atoms with van der Waals surface area (Å²) < 4.78 is 36.8. The molecular formula is C14H20F3NO. The molecule has 2 unspecified atom stereocenters. The Labute approximate surface area is 111 Å². The Morgan fingerprint density at radius 1 is 1.21 bits per heavy atom. The van der Waals surface area contributed by atoms with Gasteiger partial charge in [-0.25, -0.2) is 0 Å². The molecule has 0 saturated heterocycles. The van der Waals surface area contributed by atoms with E-state index in [2.05, 4.69) is 5.32 Å². The van der Waals surface area contributed by atoms with Gasteiger partial charge in [0.1, 0.15) is 0 Å².